The van der Waals surface area contributed by atoms with Crippen LogP contribution in [0.15, 0.2) is 18.6 Å². The number of anilines is 3. The van der Waals surface area contributed by atoms with Crippen molar-refractivity contribution < 1.29 is 4.74 Å². The topological polar surface area (TPSA) is 90.9 Å². The first-order chi connectivity index (χ1) is 8.56. The third-order valence-corrected chi connectivity index (χ3v) is 2.15. The van der Waals surface area contributed by atoms with Gasteiger partial charge in [-0.15, -0.1) is 0 Å². The van der Waals surface area contributed by atoms with Gasteiger partial charge in [0.25, 0.3) is 0 Å². The lowest BCUT2D eigenvalue weighted by Gasteiger charge is -2.12. The fraction of sp³-hybridized carbons (Fsp3) is 0.364. The maximum atomic E-state index is 5.94. The Kier molecular flexibility index (Phi) is 3.31. The van der Waals surface area contributed by atoms with Crippen molar-refractivity contribution in [1.82, 2.24) is 19.7 Å². The van der Waals surface area contributed by atoms with E-state index in [0.29, 0.717) is 23.2 Å². The summed E-state index contributed by atoms with van der Waals surface area (Å²) in [5, 5.41) is 7.21. The molecule has 0 aliphatic rings. The van der Waals surface area contributed by atoms with Gasteiger partial charge in [-0.3, -0.25) is 4.68 Å². The molecular formula is C11H16N6O. The fourth-order valence-electron chi connectivity index (χ4n) is 1.40. The lowest BCUT2D eigenvalue weighted by atomic mass is 10.4. The average Bonchev–Trinajstić information content (AvgIpc) is 2.69. The molecule has 0 aromatic carbocycles. The van der Waals surface area contributed by atoms with Gasteiger partial charge in [0.15, 0.2) is 11.6 Å². The van der Waals surface area contributed by atoms with E-state index < -0.39 is 0 Å². The molecule has 7 heteroatoms. The molecule has 0 amide bonds. The number of hydrogen-bond donors (Lipinski definition) is 2. The van der Waals surface area contributed by atoms with Crippen LogP contribution in [0.25, 0.3) is 0 Å². The molecule has 0 bridgehead atoms. The molecule has 96 valence electrons. The van der Waals surface area contributed by atoms with Crippen LogP contribution in [0.3, 0.4) is 0 Å². The molecule has 2 aromatic heterocycles. The molecule has 7 nitrogen and oxygen atoms in total. The van der Waals surface area contributed by atoms with Crippen molar-refractivity contribution in [2.24, 2.45) is 7.05 Å². The van der Waals surface area contributed by atoms with Gasteiger partial charge in [-0.1, -0.05) is 0 Å². The number of nitrogens with zero attached hydrogens (tertiary/aromatic N) is 4. The third kappa shape index (κ3) is 2.68. The summed E-state index contributed by atoms with van der Waals surface area (Å²) >= 11 is 0. The van der Waals surface area contributed by atoms with Crippen LogP contribution < -0.4 is 15.8 Å². The summed E-state index contributed by atoms with van der Waals surface area (Å²) in [6.07, 6.45) is 3.23. The molecule has 18 heavy (non-hydrogen) atoms. The van der Waals surface area contributed by atoms with Gasteiger partial charge in [0.05, 0.1) is 6.10 Å². The van der Waals surface area contributed by atoms with E-state index in [2.05, 4.69) is 20.4 Å². The standard InChI is InChI=1S/C11H16N6O/c1-7(2)18-11-9(12)10(13-6-14-11)15-8-4-5-17(3)16-8/h4-7H,12H2,1-3H3,(H,13,14,15,16). The van der Waals surface area contributed by atoms with E-state index in [4.69, 9.17) is 10.5 Å². The molecule has 0 aliphatic heterocycles. The zero-order valence-electron chi connectivity index (χ0n) is 10.6. The Bertz CT molecular complexity index is 536. The molecule has 0 aliphatic carbocycles. The van der Waals surface area contributed by atoms with Crippen LogP contribution in [0.2, 0.25) is 0 Å². The number of hydrogen-bond acceptors (Lipinski definition) is 6. The molecule has 3 N–H and O–H groups in total. The number of nitrogen functional groups attached to an aromatic ring is 1. The molecule has 0 unspecified atom stereocenters. The number of nitrogens with one attached hydrogen (secondary N) is 1. The predicted octanol–water partition coefficient (Wildman–Crippen LogP) is 1.32. The zero-order valence-corrected chi connectivity index (χ0v) is 10.6. The van der Waals surface area contributed by atoms with Crippen LogP contribution in [-0.2, 0) is 7.05 Å². The highest BCUT2D eigenvalue weighted by Crippen LogP contribution is 2.27. The van der Waals surface area contributed by atoms with E-state index in [1.807, 2.05) is 33.2 Å². The van der Waals surface area contributed by atoms with Crippen LogP contribution in [0.1, 0.15) is 13.8 Å². The van der Waals surface area contributed by atoms with Gasteiger partial charge < -0.3 is 15.8 Å². The van der Waals surface area contributed by atoms with Crippen molar-refractivity contribution in [2.45, 2.75) is 20.0 Å². The minimum absolute atomic E-state index is 0.00454. The van der Waals surface area contributed by atoms with Gasteiger partial charge in [0.2, 0.25) is 5.88 Å². The van der Waals surface area contributed by atoms with Gasteiger partial charge in [0.1, 0.15) is 12.0 Å². The monoisotopic (exact) mass is 248 g/mol. The minimum atomic E-state index is 0.00454. The number of aromatic nitrogens is 4. The average molecular weight is 248 g/mol. The van der Waals surface area contributed by atoms with Crippen molar-refractivity contribution in [3.05, 3.63) is 18.6 Å². The first kappa shape index (κ1) is 12.2. The summed E-state index contributed by atoms with van der Waals surface area (Å²) in [7, 11) is 1.84. The van der Waals surface area contributed by atoms with E-state index in [1.54, 1.807) is 4.68 Å². The lowest BCUT2D eigenvalue weighted by Crippen LogP contribution is -2.11. The Morgan fingerprint density at radius 2 is 2.17 bits per heavy atom. The van der Waals surface area contributed by atoms with Crippen molar-refractivity contribution in [3.63, 3.8) is 0 Å². The fourth-order valence-corrected chi connectivity index (χ4v) is 1.40. The maximum absolute atomic E-state index is 5.94. The molecule has 0 atom stereocenters. The summed E-state index contributed by atoms with van der Waals surface area (Å²) < 4.78 is 7.17. The van der Waals surface area contributed by atoms with Crippen molar-refractivity contribution in [3.8, 4) is 5.88 Å². The lowest BCUT2D eigenvalue weighted by molar-refractivity contribution is 0.234. The molecule has 0 saturated carbocycles. The Hall–Kier alpha value is -2.31. The van der Waals surface area contributed by atoms with E-state index in [9.17, 15) is 0 Å². The highest BCUT2D eigenvalue weighted by atomic mass is 16.5. The maximum Gasteiger partial charge on any atom is 0.242 e. The normalized spacial score (nSPS) is 10.7. The summed E-state index contributed by atoms with van der Waals surface area (Å²) in [5.74, 6) is 1.52. The second kappa shape index (κ2) is 4.91. The quantitative estimate of drug-likeness (QED) is 0.848. The summed E-state index contributed by atoms with van der Waals surface area (Å²) in [4.78, 5) is 8.08. The predicted molar refractivity (Wildman–Crippen MR) is 68.7 cm³/mol. The number of ether oxygens (including phenoxy) is 1. The first-order valence-corrected chi connectivity index (χ1v) is 5.60. The van der Waals surface area contributed by atoms with E-state index >= 15 is 0 Å². The van der Waals surface area contributed by atoms with Gasteiger partial charge in [-0.2, -0.15) is 10.1 Å². The third-order valence-electron chi connectivity index (χ3n) is 2.15. The van der Waals surface area contributed by atoms with Crippen LogP contribution in [0.4, 0.5) is 17.3 Å². The zero-order chi connectivity index (χ0) is 13.1. The number of nitrogens with two attached hydrogens (primary N) is 1. The van der Waals surface area contributed by atoms with Gasteiger partial charge in [0, 0.05) is 19.3 Å². The van der Waals surface area contributed by atoms with E-state index in [-0.39, 0.29) is 6.10 Å². The smallest absolute Gasteiger partial charge is 0.242 e. The van der Waals surface area contributed by atoms with Crippen LogP contribution in [-0.4, -0.2) is 25.9 Å². The molecule has 2 rings (SSSR count). The molecule has 0 saturated heterocycles. The Labute approximate surface area is 105 Å². The molecule has 2 heterocycles. The number of rotatable bonds is 4. The van der Waals surface area contributed by atoms with Crippen molar-refractivity contribution >= 4 is 17.3 Å². The Morgan fingerprint density at radius 1 is 1.39 bits per heavy atom. The molecule has 2 aromatic rings. The second-order valence-corrected chi connectivity index (χ2v) is 4.11. The SMILES string of the molecule is CC(C)Oc1ncnc(Nc2ccn(C)n2)c1N. The Balaban J connectivity index is 2.23. The highest BCUT2D eigenvalue weighted by molar-refractivity contribution is 5.70. The van der Waals surface area contributed by atoms with Gasteiger partial charge in [-0.05, 0) is 13.8 Å². The largest absolute Gasteiger partial charge is 0.473 e. The van der Waals surface area contributed by atoms with Crippen molar-refractivity contribution in [2.75, 3.05) is 11.1 Å². The van der Waals surface area contributed by atoms with Crippen molar-refractivity contribution in [1.29, 1.82) is 0 Å². The minimum Gasteiger partial charge on any atom is -0.473 e. The summed E-state index contributed by atoms with van der Waals surface area (Å²) in [5.41, 5.74) is 6.31. The summed E-state index contributed by atoms with van der Waals surface area (Å²) in [6, 6.07) is 1.82. The van der Waals surface area contributed by atoms with Crippen LogP contribution in [0, 0.1) is 0 Å². The number of aryl methyl sites for hydroxylation is 1. The molecular weight excluding hydrogens is 232 g/mol. The molecule has 0 spiro atoms. The second-order valence-electron chi connectivity index (χ2n) is 4.11. The van der Waals surface area contributed by atoms with Gasteiger partial charge in [-0.25, -0.2) is 4.98 Å². The van der Waals surface area contributed by atoms with E-state index in [0.717, 1.165) is 0 Å². The molecule has 0 radical (unpaired) electrons. The van der Waals surface area contributed by atoms with Crippen LogP contribution in [0.5, 0.6) is 5.88 Å². The van der Waals surface area contributed by atoms with Crippen LogP contribution >= 0.6 is 0 Å². The first-order valence-electron chi connectivity index (χ1n) is 5.60. The highest BCUT2D eigenvalue weighted by Gasteiger charge is 2.11. The summed E-state index contributed by atoms with van der Waals surface area (Å²) in [6.45, 7) is 3.82. The molecule has 0 fully saturated rings. The van der Waals surface area contributed by atoms with Gasteiger partial charge >= 0.3 is 0 Å². The van der Waals surface area contributed by atoms with E-state index in [1.165, 1.54) is 6.33 Å². The Morgan fingerprint density at radius 3 is 2.78 bits per heavy atom.